The minimum Gasteiger partial charge on any atom is -0.393 e. The summed E-state index contributed by atoms with van der Waals surface area (Å²) < 4.78 is 4.59. The van der Waals surface area contributed by atoms with Gasteiger partial charge in [-0.3, -0.25) is 9.59 Å². The number of carbonyl (C=O) groups is 2. The van der Waals surface area contributed by atoms with Crippen LogP contribution in [0.4, 0.5) is 0 Å². The van der Waals surface area contributed by atoms with E-state index in [-0.39, 0.29) is 17.5 Å². The molecule has 1 aliphatic heterocycles. The smallest absolute Gasteiger partial charge is 0.313 e. The van der Waals surface area contributed by atoms with Crippen LogP contribution in [0.2, 0.25) is 18.6 Å². The van der Waals surface area contributed by atoms with Gasteiger partial charge in [0.15, 0.2) is 0 Å². The second kappa shape index (κ2) is 4.45. The third kappa shape index (κ3) is 2.47. The lowest BCUT2D eigenvalue weighted by Crippen LogP contribution is -2.49. The minimum absolute atomic E-state index is 0.152. The van der Waals surface area contributed by atoms with Crippen LogP contribution in [-0.4, -0.2) is 20.0 Å². The second-order valence-electron chi connectivity index (χ2n) is 5.04. The maximum absolute atomic E-state index is 11.3. The Morgan fingerprint density at radius 1 is 1.06 bits per heavy atom. The summed E-state index contributed by atoms with van der Waals surface area (Å²) in [6.07, 6.45) is 0.750. The fraction of sp³-hybridized carbons (Fsp3) is 0.385. The summed E-state index contributed by atoms with van der Waals surface area (Å²) in [6, 6.07) is 10.2. The standard InChI is InChI=1S/C13H16O3Si/c1-17(2,10-6-4-3-5-7-10)11-8-12(14)16-13(15)9-11/h3-7,11H,8-9H2,1-2H3. The molecule has 0 N–H and O–H groups in total. The molecule has 1 aromatic carbocycles. The van der Waals surface area contributed by atoms with E-state index < -0.39 is 8.07 Å². The molecule has 0 bridgehead atoms. The van der Waals surface area contributed by atoms with Gasteiger partial charge in [-0.1, -0.05) is 48.6 Å². The molecule has 1 fully saturated rings. The summed E-state index contributed by atoms with van der Waals surface area (Å²) >= 11 is 0. The molecular formula is C13H16O3Si. The molecule has 0 radical (unpaired) electrons. The fourth-order valence-electron chi connectivity index (χ4n) is 2.30. The highest BCUT2D eigenvalue weighted by molar-refractivity contribution is 6.91. The van der Waals surface area contributed by atoms with E-state index >= 15 is 0 Å². The second-order valence-corrected chi connectivity index (χ2v) is 9.88. The van der Waals surface area contributed by atoms with Gasteiger partial charge < -0.3 is 4.74 Å². The predicted molar refractivity (Wildman–Crippen MR) is 67.6 cm³/mol. The molecule has 0 atom stereocenters. The molecule has 0 aromatic heterocycles. The molecule has 1 heterocycles. The van der Waals surface area contributed by atoms with Gasteiger partial charge in [-0.2, -0.15) is 0 Å². The third-order valence-electron chi connectivity index (χ3n) is 3.59. The minimum atomic E-state index is -1.78. The monoisotopic (exact) mass is 248 g/mol. The van der Waals surface area contributed by atoms with Crippen molar-refractivity contribution >= 4 is 25.2 Å². The lowest BCUT2D eigenvalue weighted by atomic mass is 10.2. The first-order valence-corrected chi connectivity index (χ1v) is 8.87. The van der Waals surface area contributed by atoms with Crippen molar-refractivity contribution in [2.24, 2.45) is 0 Å². The number of ether oxygens (including phenoxy) is 1. The first-order chi connectivity index (χ1) is 8.00. The lowest BCUT2D eigenvalue weighted by molar-refractivity contribution is -0.163. The van der Waals surface area contributed by atoms with Gasteiger partial charge in [0.05, 0.1) is 8.07 Å². The SMILES string of the molecule is C[Si](C)(c1ccccc1)C1CC(=O)OC(=O)C1. The van der Waals surface area contributed by atoms with Crippen molar-refractivity contribution in [3.05, 3.63) is 30.3 Å². The highest BCUT2D eigenvalue weighted by atomic mass is 28.3. The normalized spacial score (nSPS) is 18.0. The fourth-order valence-corrected chi connectivity index (χ4v) is 5.18. The molecule has 17 heavy (non-hydrogen) atoms. The molecule has 1 aromatic rings. The maximum Gasteiger partial charge on any atom is 0.313 e. The van der Waals surface area contributed by atoms with E-state index in [0.717, 1.165) is 0 Å². The molecule has 2 rings (SSSR count). The van der Waals surface area contributed by atoms with E-state index in [2.05, 4.69) is 30.0 Å². The molecule has 3 nitrogen and oxygen atoms in total. The summed E-state index contributed by atoms with van der Waals surface area (Å²) in [4.78, 5) is 22.7. The highest BCUT2D eigenvalue weighted by Gasteiger charge is 2.40. The van der Waals surface area contributed by atoms with Gasteiger partial charge in [0, 0.05) is 12.8 Å². The van der Waals surface area contributed by atoms with Crippen LogP contribution in [0.15, 0.2) is 30.3 Å². The zero-order valence-electron chi connectivity index (χ0n) is 10.1. The summed E-state index contributed by atoms with van der Waals surface area (Å²) in [7, 11) is -1.78. The van der Waals surface area contributed by atoms with Crippen molar-refractivity contribution in [2.75, 3.05) is 0 Å². The number of esters is 2. The van der Waals surface area contributed by atoms with Crippen molar-refractivity contribution in [3.63, 3.8) is 0 Å². The summed E-state index contributed by atoms with van der Waals surface area (Å²) in [5.41, 5.74) is 0.152. The summed E-state index contributed by atoms with van der Waals surface area (Å²) in [5, 5.41) is 1.28. The zero-order valence-corrected chi connectivity index (χ0v) is 11.1. The Morgan fingerprint density at radius 2 is 1.59 bits per heavy atom. The average Bonchev–Trinajstić information content (AvgIpc) is 2.29. The number of hydrogen-bond acceptors (Lipinski definition) is 3. The van der Waals surface area contributed by atoms with E-state index in [0.29, 0.717) is 12.8 Å². The molecule has 0 unspecified atom stereocenters. The van der Waals surface area contributed by atoms with Gasteiger partial charge in [0.25, 0.3) is 0 Å². The van der Waals surface area contributed by atoms with Crippen LogP contribution in [0.1, 0.15) is 12.8 Å². The van der Waals surface area contributed by atoms with Crippen LogP contribution in [-0.2, 0) is 14.3 Å². The highest BCUT2D eigenvalue weighted by Crippen LogP contribution is 2.32. The van der Waals surface area contributed by atoms with E-state index in [9.17, 15) is 9.59 Å². The average molecular weight is 248 g/mol. The molecular weight excluding hydrogens is 232 g/mol. The third-order valence-corrected chi connectivity index (χ3v) is 7.86. The molecule has 0 aliphatic carbocycles. The van der Waals surface area contributed by atoms with Gasteiger partial charge in [0.1, 0.15) is 0 Å². The number of rotatable bonds is 2. The summed E-state index contributed by atoms with van der Waals surface area (Å²) in [5.74, 6) is -0.745. The topological polar surface area (TPSA) is 43.4 Å². The zero-order chi connectivity index (χ0) is 12.5. The molecule has 1 aliphatic rings. The van der Waals surface area contributed by atoms with Crippen LogP contribution in [0.3, 0.4) is 0 Å². The predicted octanol–water partition coefficient (Wildman–Crippen LogP) is 1.84. The van der Waals surface area contributed by atoms with Gasteiger partial charge in [-0.15, -0.1) is 0 Å². The van der Waals surface area contributed by atoms with E-state index in [1.807, 2.05) is 18.2 Å². The van der Waals surface area contributed by atoms with Gasteiger partial charge in [0.2, 0.25) is 0 Å². The van der Waals surface area contributed by atoms with Crippen molar-refractivity contribution in [2.45, 2.75) is 31.5 Å². The van der Waals surface area contributed by atoms with Gasteiger partial charge in [-0.05, 0) is 5.54 Å². The quantitative estimate of drug-likeness (QED) is 0.455. The van der Waals surface area contributed by atoms with Crippen LogP contribution in [0, 0.1) is 0 Å². The number of cyclic esters (lactones) is 2. The molecule has 0 saturated carbocycles. The number of hydrogen-bond donors (Lipinski definition) is 0. The molecule has 0 spiro atoms. The molecule has 1 saturated heterocycles. The van der Waals surface area contributed by atoms with Crippen LogP contribution in [0.5, 0.6) is 0 Å². The largest absolute Gasteiger partial charge is 0.393 e. The lowest BCUT2D eigenvalue weighted by Gasteiger charge is -2.33. The van der Waals surface area contributed by atoms with Crippen molar-refractivity contribution in [3.8, 4) is 0 Å². The first-order valence-electron chi connectivity index (χ1n) is 5.79. The van der Waals surface area contributed by atoms with Crippen molar-refractivity contribution in [1.29, 1.82) is 0 Å². The Hall–Kier alpha value is -1.42. The van der Waals surface area contributed by atoms with E-state index in [1.165, 1.54) is 5.19 Å². The Balaban J connectivity index is 2.26. The Bertz CT molecular complexity index is 423. The summed E-state index contributed by atoms with van der Waals surface area (Å²) in [6.45, 7) is 4.41. The van der Waals surface area contributed by atoms with Crippen LogP contribution < -0.4 is 5.19 Å². The molecule has 4 heteroatoms. The van der Waals surface area contributed by atoms with Gasteiger partial charge >= 0.3 is 11.9 Å². The first kappa shape index (κ1) is 12.0. The Morgan fingerprint density at radius 3 is 2.12 bits per heavy atom. The Labute approximate surface area is 102 Å². The van der Waals surface area contributed by atoms with Crippen molar-refractivity contribution < 1.29 is 14.3 Å². The molecule has 0 amide bonds. The van der Waals surface area contributed by atoms with Crippen LogP contribution >= 0.6 is 0 Å². The van der Waals surface area contributed by atoms with Crippen LogP contribution in [0.25, 0.3) is 0 Å². The molecule has 90 valence electrons. The maximum atomic E-state index is 11.3. The van der Waals surface area contributed by atoms with E-state index in [4.69, 9.17) is 0 Å². The van der Waals surface area contributed by atoms with Gasteiger partial charge in [-0.25, -0.2) is 0 Å². The number of carbonyl (C=O) groups excluding carboxylic acids is 2. The Kier molecular flexibility index (Phi) is 3.15. The van der Waals surface area contributed by atoms with Crippen molar-refractivity contribution in [1.82, 2.24) is 0 Å². The number of benzene rings is 1. The van der Waals surface area contributed by atoms with E-state index in [1.54, 1.807) is 0 Å².